The predicted octanol–water partition coefficient (Wildman–Crippen LogP) is 1.78. The molecule has 6 heteroatoms. The van der Waals surface area contributed by atoms with Gasteiger partial charge in [-0.05, 0) is 19.9 Å². The van der Waals surface area contributed by atoms with Crippen LogP contribution in [0.2, 0.25) is 0 Å². The van der Waals surface area contributed by atoms with Gasteiger partial charge in [-0.3, -0.25) is 9.69 Å². The van der Waals surface area contributed by atoms with Gasteiger partial charge in [0.05, 0.1) is 6.54 Å². The summed E-state index contributed by atoms with van der Waals surface area (Å²) in [7, 11) is 1.95. The van der Waals surface area contributed by atoms with Crippen LogP contribution in [0.25, 0.3) is 0 Å². The highest BCUT2D eigenvalue weighted by Gasteiger charge is 2.09. The number of nitrogens with one attached hydrogen (secondary N) is 2. The van der Waals surface area contributed by atoms with Crippen LogP contribution in [0, 0.1) is 5.92 Å². The maximum Gasteiger partial charge on any atom is 0.234 e. The largest absolute Gasteiger partial charge is 0.362 e. The van der Waals surface area contributed by atoms with Crippen LogP contribution in [0.3, 0.4) is 0 Å². The minimum absolute atomic E-state index is 0.0765. The van der Waals surface area contributed by atoms with Gasteiger partial charge in [0.25, 0.3) is 0 Å². The zero-order valence-corrected chi connectivity index (χ0v) is 13.0. The van der Waals surface area contributed by atoms with E-state index in [1.54, 1.807) is 11.3 Å². The smallest absolute Gasteiger partial charge is 0.234 e. The molecule has 0 aliphatic rings. The highest BCUT2D eigenvalue weighted by Crippen LogP contribution is 2.18. The van der Waals surface area contributed by atoms with Gasteiger partial charge in [0, 0.05) is 30.7 Å². The highest BCUT2D eigenvalue weighted by atomic mass is 32.1. The molecule has 1 aromatic heterocycles. The number of hydrogen-bond donors (Lipinski definition) is 2. The maximum atomic E-state index is 11.7. The Hall–Kier alpha value is -1.14. The molecule has 1 aromatic rings. The number of hydrogen-bond acceptors (Lipinski definition) is 5. The summed E-state index contributed by atoms with van der Waals surface area (Å²) in [6.45, 7) is 9.00. The lowest BCUT2D eigenvalue weighted by Gasteiger charge is -2.15. The standard InChI is InChI=1S/C13H24N4OS/c1-5-14-13-16-7-11(19-13)8-17(4)9-12(18)15-6-10(2)3/h7,10H,5-6,8-9H2,1-4H3,(H,14,16)(H,15,18). The first kappa shape index (κ1) is 15.9. The summed E-state index contributed by atoms with van der Waals surface area (Å²) >= 11 is 1.64. The second-order valence-corrected chi connectivity index (χ2v) is 6.15. The molecular formula is C13H24N4OS. The normalized spacial score (nSPS) is 11.1. The fourth-order valence-corrected chi connectivity index (χ4v) is 2.52. The van der Waals surface area contributed by atoms with Gasteiger partial charge >= 0.3 is 0 Å². The van der Waals surface area contributed by atoms with Gasteiger partial charge in [0.1, 0.15) is 0 Å². The first-order valence-electron chi connectivity index (χ1n) is 6.65. The van der Waals surface area contributed by atoms with E-state index in [-0.39, 0.29) is 5.91 Å². The van der Waals surface area contributed by atoms with Crippen molar-refractivity contribution in [2.75, 3.05) is 32.0 Å². The first-order chi connectivity index (χ1) is 9.01. The molecule has 0 spiro atoms. The van der Waals surface area contributed by atoms with Crippen LogP contribution in [0.4, 0.5) is 5.13 Å². The lowest BCUT2D eigenvalue weighted by molar-refractivity contribution is -0.122. The molecule has 2 N–H and O–H groups in total. The molecule has 0 unspecified atom stereocenters. The molecule has 0 aliphatic carbocycles. The van der Waals surface area contributed by atoms with Crippen molar-refractivity contribution in [3.63, 3.8) is 0 Å². The van der Waals surface area contributed by atoms with E-state index in [4.69, 9.17) is 0 Å². The molecule has 108 valence electrons. The Kier molecular flexibility index (Phi) is 6.80. The third kappa shape index (κ3) is 6.54. The summed E-state index contributed by atoms with van der Waals surface area (Å²) in [4.78, 5) is 19.1. The lowest BCUT2D eigenvalue weighted by Crippen LogP contribution is -2.36. The van der Waals surface area contributed by atoms with Crippen molar-refractivity contribution in [2.24, 2.45) is 5.92 Å². The van der Waals surface area contributed by atoms with E-state index in [9.17, 15) is 4.79 Å². The molecule has 0 saturated carbocycles. The SMILES string of the molecule is CCNc1ncc(CN(C)CC(=O)NCC(C)C)s1. The van der Waals surface area contributed by atoms with Crippen molar-refractivity contribution in [3.05, 3.63) is 11.1 Å². The summed E-state index contributed by atoms with van der Waals surface area (Å²) in [5, 5.41) is 7.04. The molecule has 5 nitrogen and oxygen atoms in total. The average Bonchev–Trinajstić information content (AvgIpc) is 2.74. The number of amides is 1. The molecule has 0 bridgehead atoms. The summed E-state index contributed by atoms with van der Waals surface area (Å²) in [6.07, 6.45) is 1.87. The molecule has 0 aliphatic heterocycles. The van der Waals surface area contributed by atoms with Gasteiger partial charge in [-0.2, -0.15) is 0 Å². The van der Waals surface area contributed by atoms with Crippen molar-refractivity contribution in [1.29, 1.82) is 0 Å². The van der Waals surface area contributed by atoms with Crippen molar-refractivity contribution in [1.82, 2.24) is 15.2 Å². The third-order valence-electron chi connectivity index (χ3n) is 2.43. The molecule has 0 saturated heterocycles. The predicted molar refractivity (Wildman–Crippen MR) is 80.5 cm³/mol. The lowest BCUT2D eigenvalue weighted by atomic mass is 10.2. The number of rotatable bonds is 8. The topological polar surface area (TPSA) is 57.3 Å². The minimum Gasteiger partial charge on any atom is -0.362 e. The second-order valence-electron chi connectivity index (χ2n) is 5.03. The van der Waals surface area contributed by atoms with Gasteiger partial charge in [-0.15, -0.1) is 11.3 Å². The summed E-state index contributed by atoms with van der Waals surface area (Å²) < 4.78 is 0. The van der Waals surface area contributed by atoms with Gasteiger partial charge in [-0.25, -0.2) is 4.98 Å². The van der Waals surface area contributed by atoms with E-state index >= 15 is 0 Å². The Labute approximate surface area is 119 Å². The van der Waals surface area contributed by atoms with E-state index < -0.39 is 0 Å². The number of nitrogens with zero attached hydrogens (tertiary/aromatic N) is 2. The van der Waals surface area contributed by atoms with Gasteiger partial charge in [-0.1, -0.05) is 13.8 Å². The number of anilines is 1. The van der Waals surface area contributed by atoms with Crippen LogP contribution in [-0.2, 0) is 11.3 Å². The van der Waals surface area contributed by atoms with Crippen LogP contribution >= 0.6 is 11.3 Å². The van der Waals surface area contributed by atoms with Gasteiger partial charge < -0.3 is 10.6 Å². The van der Waals surface area contributed by atoms with E-state index in [0.717, 1.165) is 29.6 Å². The monoisotopic (exact) mass is 284 g/mol. The van der Waals surface area contributed by atoms with Gasteiger partial charge in [0.2, 0.25) is 5.91 Å². The molecule has 0 aromatic carbocycles. The van der Waals surface area contributed by atoms with E-state index in [2.05, 4.69) is 29.5 Å². The fourth-order valence-electron chi connectivity index (χ4n) is 1.55. The molecule has 0 fully saturated rings. The first-order valence-corrected chi connectivity index (χ1v) is 7.46. The Bertz CT molecular complexity index is 392. The molecule has 0 atom stereocenters. The summed E-state index contributed by atoms with van der Waals surface area (Å²) in [5.41, 5.74) is 0. The van der Waals surface area contributed by atoms with Crippen LogP contribution < -0.4 is 10.6 Å². The number of likely N-dealkylation sites (N-methyl/N-ethyl adjacent to an activating group) is 1. The van der Waals surface area contributed by atoms with Crippen LogP contribution in [0.5, 0.6) is 0 Å². The van der Waals surface area contributed by atoms with Gasteiger partial charge in [0.15, 0.2) is 5.13 Å². The zero-order chi connectivity index (χ0) is 14.3. The van der Waals surface area contributed by atoms with Crippen LogP contribution in [0.1, 0.15) is 25.6 Å². The fraction of sp³-hybridized carbons (Fsp3) is 0.692. The molecular weight excluding hydrogens is 260 g/mol. The number of thiazole rings is 1. The second kappa shape index (κ2) is 8.12. The Morgan fingerprint density at radius 1 is 1.53 bits per heavy atom. The summed E-state index contributed by atoms with van der Waals surface area (Å²) in [6, 6.07) is 0. The van der Waals surface area contributed by atoms with E-state index in [1.165, 1.54) is 0 Å². The van der Waals surface area contributed by atoms with E-state index in [1.807, 2.05) is 25.1 Å². The molecule has 1 amide bonds. The average molecular weight is 284 g/mol. The Morgan fingerprint density at radius 3 is 2.89 bits per heavy atom. The third-order valence-corrected chi connectivity index (χ3v) is 3.37. The number of aromatic nitrogens is 1. The van der Waals surface area contributed by atoms with Crippen LogP contribution in [0.15, 0.2) is 6.20 Å². The molecule has 1 rings (SSSR count). The van der Waals surface area contributed by atoms with Crippen molar-refractivity contribution >= 4 is 22.4 Å². The Balaban J connectivity index is 2.33. The minimum atomic E-state index is 0.0765. The van der Waals surface area contributed by atoms with Crippen molar-refractivity contribution < 1.29 is 4.79 Å². The number of carbonyl (C=O) groups excluding carboxylic acids is 1. The molecule has 19 heavy (non-hydrogen) atoms. The summed E-state index contributed by atoms with van der Waals surface area (Å²) in [5.74, 6) is 0.561. The zero-order valence-electron chi connectivity index (χ0n) is 12.2. The van der Waals surface area contributed by atoms with Crippen molar-refractivity contribution in [2.45, 2.75) is 27.3 Å². The molecule has 1 heterocycles. The van der Waals surface area contributed by atoms with Crippen molar-refractivity contribution in [3.8, 4) is 0 Å². The number of carbonyl (C=O) groups is 1. The van der Waals surface area contributed by atoms with Crippen LogP contribution in [-0.4, -0.2) is 42.5 Å². The highest BCUT2D eigenvalue weighted by molar-refractivity contribution is 7.15. The Morgan fingerprint density at radius 2 is 2.26 bits per heavy atom. The quantitative estimate of drug-likeness (QED) is 0.764. The van der Waals surface area contributed by atoms with E-state index in [0.29, 0.717) is 12.5 Å². The molecule has 0 radical (unpaired) electrons. The maximum absolute atomic E-state index is 11.7.